The maximum absolute atomic E-state index is 12.9. The third kappa shape index (κ3) is 9.57. The standard InChI is InChI=1S/C23H35N5O9/c1-12(30)26-17-19(33)18(32)15(11-29)36-21(17)28-16(31)9-14(27-22(35)37-23(2,3)4)20(34)25-10-13-5-7-24-8-6-13/h5-8,14-15,17-19,21,29,32-33H,9-11H2,1-4H3,(H,25,34)(H,26,30)(H,27,35)(H,28,31)/t14-,15+,17+,18+,19+,21+/m0/s1. The summed E-state index contributed by atoms with van der Waals surface area (Å²) >= 11 is 0. The molecule has 0 aliphatic carbocycles. The van der Waals surface area contributed by atoms with E-state index in [1.54, 1.807) is 45.3 Å². The fourth-order valence-corrected chi connectivity index (χ4v) is 3.51. The number of pyridine rings is 1. The molecule has 1 aliphatic heterocycles. The number of aliphatic hydroxyl groups excluding tert-OH is 3. The summed E-state index contributed by atoms with van der Waals surface area (Å²) in [5, 5.41) is 39.8. The second-order valence-corrected chi connectivity index (χ2v) is 9.53. The van der Waals surface area contributed by atoms with Crippen molar-refractivity contribution in [3.8, 4) is 0 Å². The van der Waals surface area contributed by atoms with Crippen LogP contribution < -0.4 is 21.3 Å². The molecule has 0 radical (unpaired) electrons. The van der Waals surface area contributed by atoms with Crippen molar-refractivity contribution < 1.29 is 44.0 Å². The molecule has 0 aromatic carbocycles. The van der Waals surface area contributed by atoms with Crippen LogP contribution in [-0.2, 0) is 30.4 Å². The quantitative estimate of drug-likeness (QED) is 0.189. The topological polar surface area (TPSA) is 208 Å². The Morgan fingerprint density at radius 3 is 2.32 bits per heavy atom. The lowest BCUT2D eigenvalue weighted by Gasteiger charge is -2.42. The van der Waals surface area contributed by atoms with E-state index in [0.29, 0.717) is 0 Å². The van der Waals surface area contributed by atoms with Crippen molar-refractivity contribution in [3.05, 3.63) is 30.1 Å². The third-order valence-corrected chi connectivity index (χ3v) is 5.21. The van der Waals surface area contributed by atoms with Gasteiger partial charge in [0, 0.05) is 25.9 Å². The first-order valence-electron chi connectivity index (χ1n) is 11.7. The van der Waals surface area contributed by atoms with Gasteiger partial charge in [0.25, 0.3) is 0 Å². The van der Waals surface area contributed by atoms with E-state index in [2.05, 4.69) is 26.3 Å². The molecule has 1 aromatic rings. The van der Waals surface area contributed by atoms with Gasteiger partial charge in [0.1, 0.15) is 36.0 Å². The molecule has 14 nitrogen and oxygen atoms in total. The van der Waals surface area contributed by atoms with Gasteiger partial charge in [-0.25, -0.2) is 4.79 Å². The molecule has 0 bridgehead atoms. The minimum atomic E-state index is -1.57. The largest absolute Gasteiger partial charge is 0.444 e. The van der Waals surface area contributed by atoms with E-state index < -0.39 is 79.1 Å². The van der Waals surface area contributed by atoms with Crippen molar-refractivity contribution in [2.24, 2.45) is 0 Å². The van der Waals surface area contributed by atoms with E-state index >= 15 is 0 Å². The number of aromatic nitrogens is 1. The van der Waals surface area contributed by atoms with E-state index in [4.69, 9.17) is 9.47 Å². The first-order valence-corrected chi connectivity index (χ1v) is 11.7. The number of hydrogen-bond acceptors (Lipinski definition) is 10. The Labute approximate surface area is 214 Å². The Morgan fingerprint density at radius 1 is 1.11 bits per heavy atom. The maximum Gasteiger partial charge on any atom is 0.408 e. The van der Waals surface area contributed by atoms with E-state index in [1.807, 2.05) is 0 Å². The molecule has 6 atom stereocenters. The average molecular weight is 526 g/mol. The molecule has 206 valence electrons. The Kier molecular flexibility index (Phi) is 10.7. The number of nitrogens with one attached hydrogen (secondary N) is 4. The van der Waals surface area contributed by atoms with Gasteiger partial charge < -0.3 is 46.1 Å². The Balaban J connectivity index is 2.14. The lowest BCUT2D eigenvalue weighted by atomic mass is 9.95. The Hall–Kier alpha value is -3.33. The van der Waals surface area contributed by atoms with E-state index in [1.165, 1.54) is 6.92 Å². The minimum absolute atomic E-state index is 0.105. The maximum atomic E-state index is 12.9. The molecule has 37 heavy (non-hydrogen) atoms. The lowest BCUT2D eigenvalue weighted by Crippen LogP contribution is -2.68. The Bertz CT molecular complexity index is 940. The number of ether oxygens (including phenoxy) is 2. The second-order valence-electron chi connectivity index (χ2n) is 9.53. The van der Waals surface area contributed by atoms with Gasteiger partial charge in [-0.2, -0.15) is 0 Å². The van der Waals surface area contributed by atoms with Crippen LogP contribution in [0, 0.1) is 0 Å². The molecular weight excluding hydrogens is 490 g/mol. The number of nitrogens with zero attached hydrogens (tertiary/aromatic N) is 1. The molecule has 2 rings (SSSR count). The summed E-state index contributed by atoms with van der Waals surface area (Å²) < 4.78 is 10.7. The van der Waals surface area contributed by atoms with Gasteiger partial charge in [-0.1, -0.05) is 0 Å². The fourth-order valence-electron chi connectivity index (χ4n) is 3.51. The predicted octanol–water partition coefficient (Wildman–Crippen LogP) is -1.96. The third-order valence-electron chi connectivity index (χ3n) is 5.21. The highest BCUT2D eigenvalue weighted by atomic mass is 16.6. The van der Waals surface area contributed by atoms with Crippen LogP contribution in [0.5, 0.6) is 0 Å². The van der Waals surface area contributed by atoms with E-state index in [-0.39, 0.29) is 6.54 Å². The number of carbonyl (C=O) groups is 4. The summed E-state index contributed by atoms with van der Waals surface area (Å²) in [6.07, 6.45) is -4.09. The molecular formula is C23H35N5O9. The molecule has 0 saturated carbocycles. The van der Waals surface area contributed by atoms with Crippen LogP contribution in [0.1, 0.15) is 39.7 Å². The van der Waals surface area contributed by atoms with Crippen molar-refractivity contribution in [3.63, 3.8) is 0 Å². The van der Waals surface area contributed by atoms with Crippen LogP contribution in [0.25, 0.3) is 0 Å². The number of aliphatic hydroxyl groups is 3. The van der Waals surface area contributed by atoms with Gasteiger partial charge in [-0.05, 0) is 38.5 Å². The second kappa shape index (κ2) is 13.3. The zero-order valence-corrected chi connectivity index (χ0v) is 21.1. The monoisotopic (exact) mass is 525 g/mol. The van der Waals surface area contributed by atoms with Crippen LogP contribution in [0.15, 0.2) is 24.5 Å². The molecule has 0 unspecified atom stereocenters. The van der Waals surface area contributed by atoms with Crippen LogP contribution >= 0.6 is 0 Å². The van der Waals surface area contributed by atoms with Crippen LogP contribution in [0.3, 0.4) is 0 Å². The summed E-state index contributed by atoms with van der Waals surface area (Å²) in [5.74, 6) is -2.04. The van der Waals surface area contributed by atoms with Gasteiger partial charge in [-0.3, -0.25) is 19.4 Å². The summed E-state index contributed by atoms with van der Waals surface area (Å²) in [6, 6.07) is 0.757. The van der Waals surface area contributed by atoms with Crippen molar-refractivity contribution >= 4 is 23.8 Å². The van der Waals surface area contributed by atoms with Gasteiger partial charge in [0.15, 0.2) is 6.23 Å². The highest BCUT2D eigenvalue weighted by molar-refractivity contribution is 5.91. The van der Waals surface area contributed by atoms with Crippen LogP contribution in [-0.4, -0.2) is 92.9 Å². The molecule has 1 aromatic heterocycles. The normalized spacial score (nSPS) is 24.4. The summed E-state index contributed by atoms with van der Waals surface area (Å²) in [5.41, 5.74) is -0.123. The molecule has 14 heteroatoms. The highest BCUT2D eigenvalue weighted by Gasteiger charge is 2.45. The van der Waals surface area contributed by atoms with Gasteiger partial charge in [-0.15, -0.1) is 0 Å². The predicted molar refractivity (Wildman–Crippen MR) is 127 cm³/mol. The van der Waals surface area contributed by atoms with Gasteiger partial charge in [0.05, 0.1) is 13.0 Å². The summed E-state index contributed by atoms with van der Waals surface area (Å²) in [4.78, 5) is 53.6. The summed E-state index contributed by atoms with van der Waals surface area (Å²) in [7, 11) is 0. The van der Waals surface area contributed by atoms with Crippen molar-refractivity contribution in [1.82, 2.24) is 26.3 Å². The number of alkyl carbamates (subject to hydrolysis) is 1. The number of carbonyl (C=O) groups excluding carboxylic acids is 4. The molecule has 1 aliphatic rings. The molecule has 1 fully saturated rings. The SMILES string of the molecule is CC(=O)N[C@@H]1[C@@H](O)[C@H](O)[C@@H](CO)O[C@H]1NC(=O)C[C@H](NC(=O)OC(C)(C)C)C(=O)NCc1ccncc1. The fraction of sp³-hybridized carbons (Fsp3) is 0.609. The zero-order chi connectivity index (χ0) is 27.8. The highest BCUT2D eigenvalue weighted by Crippen LogP contribution is 2.20. The van der Waals surface area contributed by atoms with Crippen molar-refractivity contribution in [2.45, 2.75) is 82.9 Å². The first-order chi connectivity index (χ1) is 17.3. The van der Waals surface area contributed by atoms with E-state index in [0.717, 1.165) is 5.56 Å². The smallest absolute Gasteiger partial charge is 0.408 e. The first kappa shape index (κ1) is 29.9. The zero-order valence-electron chi connectivity index (χ0n) is 21.1. The number of amides is 4. The van der Waals surface area contributed by atoms with Gasteiger partial charge in [0.2, 0.25) is 17.7 Å². The molecule has 2 heterocycles. The van der Waals surface area contributed by atoms with Crippen molar-refractivity contribution in [2.75, 3.05) is 6.61 Å². The summed E-state index contributed by atoms with van der Waals surface area (Å²) in [6.45, 7) is 5.52. The number of hydrogen-bond donors (Lipinski definition) is 7. The molecule has 1 saturated heterocycles. The minimum Gasteiger partial charge on any atom is -0.444 e. The molecule has 4 amide bonds. The Morgan fingerprint density at radius 2 is 1.76 bits per heavy atom. The molecule has 7 N–H and O–H groups in total. The van der Waals surface area contributed by atoms with E-state index in [9.17, 15) is 34.5 Å². The van der Waals surface area contributed by atoms with Crippen molar-refractivity contribution in [1.29, 1.82) is 0 Å². The lowest BCUT2D eigenvalue weighted by molar-refractivity contribution is -0.203. The molecule has 0 spiro atoms. The number of rotatable bonds is 9. The van der Waals surface area contributed by atoms with Crippen LogP contribution in [0.2, 0.25) is 0 Å². The van der Waals surface area contributed by atoms with Crippen LogP contribution in [0.4, 0.5) is 4.79 Å². The average Bonchev–Trinajstić information content (AvgIpc) is 2.81. The van der Waals surface area contributed by atoms with Gasteiger partial charge >= 0.3 is 6.09 Å².